The predicted octanol–water partition coefficient (Wildman–Crippen LogP) is 5.21. The van der Waals surface area contributed by atoms with Gasteiger partial charge in [-0.1, -0.05) is 47.5 Å². The van der Waals surface area contributed by atoms with Crippen molar-refractivity contribution < 1.29 is 9.90 Å². The van der Waals surface area contributed by atoms with Gasteiger partial charge < -0.3 is 9.67 Å². The molecule has 0 radical (unpaired) electrons. The summed E-state index contributed by atoms with van der Waals surface area (Å²) >= 11 is 12.7. The molecule has 1 aromatic heterocycles. The fourth-order valence-electron chi connectivity index (χ4n) is 3.59. The number of aliphatic carboxylic acids is 1. The SMILES string of the molecule is Cc1c2c(cn1CC(=O)O)CN=C(c1ccccc1Cl)c1cc(Cl)ccc1-2. The number of carboxylic acid groups (broad SMARTS) is 1. The minimum Gasteiger partial charge on any atom is -0.480 e. The van der Waals surface area contributed by atoms with E-state index in [0.717, 1.165) is 39.2 Å². The normalized spacial score (nSPS) is 12.8. The monoisotopic (exact) mass is 398 g/mol. The molecule has 2 heterocycles. The summed E-state index contributed by atoms with van der Waals surface area (Å²) in [5, 5.41) is 10.4. The third-order valence-electron chi connectivity index (χ3n) is 4.77. The highest BCUT2D eigenvalue weighted by atomic mass is 35.5. The van der Waals surface area contributed by atoms with Crippen molar-refractivity contribution in [2.75, 3.05) is 0 Å². The zero-order chi connectivity index (χ0) is 19.1. The van der Waals surface area contributed by atoms with Gasteiger partial charge in [-0.15, -0.1) is 0 Å². The van der Waals surface area contributed by atoms with E-state index in [2.05, 4.69) is 0 Å². The highest BCUT2D eigenvalue weighted by Crippen LogP contribution is 2.38. The van der Waals surface area contributed by atoms with Gasteiger partial charge in [0.2, 0.25) is 0 Å². The topological polar surface area (TPSA) is 54.6 Å². The molecule has 0 bridgehead atoms. The lowest BCUT2D eigenvalue weighted by Crippen LogP contribution is -2.10. The minimum atomic E-state index is -0.875. The Kier molecular flexibility index (Phi) is 4.54. The number of rotatable bonds is 3. The maximum absolute atomic E-state index is 11.2. The molecule has 4 rings (SSSR count). The quantitative estimate of drug-likeness (QED) is 0.658. The first kappa shape index (κ1) is 17.8. The fourth-order valence-corrected chi connectivity index (χ4v) is 3.98. The summed E-state index contributed by atoms with van der Waals surface area (Å²) in [5.74, 6) is -0.875. The molecule has 0 saturated heterocycles. The molecule has 0 spiro atoms. The van der Waals surface area contributed by atoms with Gasteiger partial charge in [0.15, 0.2) is 0 Å². The van der Waals surface area contributed by atoms with Gasteiger partial charge >= 0.3 is 5.97 Å². The third-order valence-corrected chi connectivity index (χ3v) is 5.34. The molecule has 1 aliphatic rings. The Labute approximate surface area is 166 Å². The molecule has 0 atom stereocenters. The van der Waals surface area contributed by atoms with E-state index in [1.165, 1.54) is 0 Å². The van der Waals surface area contributed by atoms with Gasteiger partial charge in [0.1, 0.15) is 6.54 Å². The summed E-state index contributed by atoms with van der Waals surface area (Å²) in [6.45, 7) is 2.29. The number of aromatic nitrogens is 1. The average Bonchev–Trinajstić information content (AvgIpc) is 2.83. The van der Waals surface area contributed by atoms with Gasteiger partial charge in [-0.25, -0.2) is 0 Å². The molecule has 2 aromatic carbocycles. The van der Waals surface area contributed by atoms with Crippen LogP contribution in [0.15, 0.2) is 53.7 Å². The van der Waals surface area contributed by atoms with E-state index in [1.54, 1.807) is 4.57 Å². The van der Waals surface area contributed by atoms with E-state index in [-0.39, 0.29) is 6.54 Å². The molecule has 0 aliphatic carbocycles. The summed E-state index contributed by atoms with van der Waals surface area (Å²) in [6.07, 6.45) is 1.87. The second-order valence-corrected chi connectivity index (χ2v) is 7.31. The van der Waals surface area contributed by atoms with Crippen LogP contribution in [0, 0.1) is 6.92 Å². The Morgan fingerprint density at radius 2 is 1.93 bits per heavy atom. The number of benzene rings is 2. The zero-order valence-electron chi connectivity index (χ0n) is 14.5. The van der Waals surface area contributed by atoms with Crippen molar-refractivity contribution in [2.45, 2.75) is 20.0 Å². The second-order valence-electron chi connectivity index (χ2n) is 6.47. The number of carboxylic acids is 1. The lowest BCUT2D eigenvalue weighted by atomic mass is 9.93. The van der Waals surface area contributed by atoms with Crippen molar-refractivity contribution in [3.8, 4) is 11.1 Å². The summed E-state index contributed by atoms with van der Waals surface area (Å²) in [6, 6.07) is 13.3. The van der Waals surface area contributed by atoms with Crippen LogP contribution in [0.4, 0.5) is 0 Å². The van der Waals surface area contributed by atoms with Crippen LogP contribution in [0.25, 0.3) is 11.1 Å². The molecule has 1 aliphatic heterocycles. The Morgan fingerprint density at radius 3 is 2.67 bits per heavy atom. The van der Waals surface area contributed by atoms with Gasteiger partial charge in [0.25, 0.3) is 0 Å². The second kappa shape index (κ2) is 6.87. The predicted molar refractivity (Wildman–Crippen MR) is 108 cm³/mol. The summed E-state index contributed by atoms with van der Waals surface area (Å²) in [5.41, 5.74) is 6.40. The fraction of sp³-hybridized carbons (Fsp3) is 0.143. The first-order valence-corrected chi connectivity index (χ1v) is 9.21. The Morgan fingerprint density at radius 1 is 1.15 bits per heavy atom. The highest BCUT2D eigenvalue weighted by molar-refractivity contribution is 6.36. The average molecular weight is 399 g/mol. The number of hydrogen-bond acceptors (Lipinski definition) is 2. The number of fused-ring (bicyclic) bond motifs is 3. The number of nitrogens with zero attached hydrogens (tertiary/aromatic N) is 2. The molecular formula is C21H16Cl2N2O2. The maximum Gasteiger partial charge on any atom is 0.323 e. The molecule has 0 saturated carbocycles. The van der Waals surface area contributed by atoms with Crippen molar-refractivity contribution in [1.29, 1.82) is 0 Å². The van der Waals surface area contributed by atoms with E-state index in [4.69, 9.17) is 28.2 Å². The number of carbonyl (C=O) groups is 1. The van der Waals surface area contributed by atoms with E-state index >= 15 is 0 Å². The third kappa shape index (κ3) is 3.15. The lowest BCUT2D eigenvalue weighted by molar-refractivity contribution is -0.137. The van der Waals surface area contributed by atoms with Crippen LogP contribution in [0.5, 0.6) is 0 Å². The van der Waals surface area contributed by atoms with E-state index in [0.29, 0.717) is 16.6 Å². The van der Waals surface area contributed by atoms with Crippen LogP contribution in [0.1, 0.15) is 22.4 Å². The Bertz CT molecular complexity index is 1100. The lowest BCUT2D eigenvalue weighted by Gasteiger charge is -2.13. The van der Waals surface area contributed by atoms with Crippen LogP contribution in [0.2, 0.25) is 10.0 Å². The van der Waals surface area contributed by atoms with Crippen molar-refractivity contribution >= 4 is 34.9 Å². The van der Waals surface area contributed by atoms with Crippen molar-refractivity contribution in [1.82, 2.24) is 4.57 Å². The molecular weight excluding hydrogens is 383 g/mol. The summed E-state index contributed by atoms with van der Waals surface area (Å²) in [4.78, 5) is 16.0. The summed E-state index contributed by atoms with van der Waals surface area (Å²) in [7, 11) is 0. The number of aliphatic imine (C=N–C) groups is 1. The molecule has 4 nitrogen and oxygen atoms in total. The smallest absolute Gasteiger partial charge is 0.323 e. The molecule has 0 amide bonds. The molecule has 1 N–H and O–H groups in total. The molecule has 0 unspecified atom stereocenters. The van der Waals surface area contributed by atoms with Crippen LogP contribution in [0.3, 0.4) is 0 Å². The van der Waals surface area contributed by atoms with Gasteiger partial charge in [0, 0.05) is 38.6 Å². The Balaban J connectivity index is 1.96. The van der Waals surface area contributed by atoms with Gasteiger partial charge in [-0.05, 0) is 36.2 Å². The van der Waals surface area contributed by atoms with Crippen LogP contribution < -0.4 is 0 Å². The van der Waals surface area contributed by atoms with Gasteiger partial charge in [0.05, 0.1) is 12.3 Å². The highest BCUT2D eigenvalue weighted by Gasteiger charge is 2.24. The molecule has 3 aromatic rings. The van der Waals surface area contributed by atoms with E-state index in [9.17, 15) is 9.90 Å². The molecule has 136 valence electrons. The standard InChI is InChI=1S/C21H16Cl2N2O2/c1-12-20-13(10-25(12)11-19(26)27)9-24-21(16-4-2-3-5-18(16)23)17-8-14(22)6-7-15(17)20/h2-8,10H,9,11H2,1H3,(H,26,27). The molecule has 6 heteroatoms. The first-order chi connectivity index (χ1) is 13.0. The van der Waals surface area contributed by atoms with Crippen molar-refractivity contribution in [3.05, 3.63) is 81.1 Å². The number of halogens is 2. The van der Waals surface area contributed by atoms with Gasteiger partial charge in [-0.3, -0.25) is 9.79 Å². The van der Waals surface area contributed by atoms with Crippen molar-refractivity contribution in [2.24, 2.45) is 4.99 Å². The van der Waals surface area contributed by atoms with Crippen LogP contribution in [-0.2, 0) is 17.9 Å². The molecule has 0 fully saturated rings. The largest absolute Gasteiger partial charge is 0.480 e. The summed E-state index contributed by atoms with van der Waals surface area (Å²) < 4.78 is 1.75. The number of hydrogen-bond donors (Lipinski definition) is 1. The Hall–Kier alpha value is -2.56. The van der Waals surface area contributed by atoms with E-state index < -0.39 is 5.97 Å². The molecule has 27 heavy (non-hydrogen) atoms. The van der Waals surface area contributed by atoms with E-state index in [1.807, 2.05) is 55.6 Å². The first-order valence-electron chi connectivity index (χ1n) is 8.45. The van der Waals surface area contributed by atoms with Crippen LogP contribution in [-0.4, -0.2) is 21.4 Å². The zero-order valence-corrected chi connectivity index (χ0v) is 16.1. The minimum absolute atomic E-state index is 0.0805. The maximum atomic E-state index is 11.2. The van der Waals surface area contributed by atoms with Gasteiger partial charge in [-0.2, -0.15) is 0 Å². The van der Waals surface area contributed by atoms with Crippen molar-refractivity contribution in [3.63, 3.8) is 0 Å². The van der Waals surface area contributed by atoms with Crippen LogP contribution >= 0.6 is 23.2 Å².